The maximum Gasteiger partial charge on any atom is 0.159 e. The highest BCUT2D eigenvalue weighted by Crippen LogP contribution is 2.18. The molecule has 0 radical (unpaired) electrons. The van der Waals surface area contributed by atoms with Crippen LogP contribution in [0, 0.1) is 11.6 Å². The van der Waals surface area contributed by atoms with Crippen molar-refractivity contribution in [3.05, 3.63) is 35.4 Å². The number of benzene rings is 1. The Morgan fingerprint density at radius 1 is 1.00 bits per heavy atom. The molecule has 1 aliphatic carbocycles. The van der Waals surface area contributed by atoms with Crippen LogP contribution in [0.5, 0.6) is 0 Å². The summed E-state index contributed by atoms with van der Waals surface area (Å²) in [5, 5.41) is 3.44. The molecule has 1 N–H and O–H groups in total. The summed E-state index contributed by atoms with van der Waals surface area (Å²) >= 11 is 0. The van der Waals surface area contributed by atoms with Crippen molar-refractivity contribution in [3.63, 3.8) is 0 Å². The molecule has 1 aliphatic rings. The highest BCUT2D eigenvalue weighted by molar-refractivity contribution is 5.17. The molecule has 0 amide bonds. The van der Waals surface area contributed by atoms with E-state index in [1.807, 2.05) is 0 Å². The molecule has 0 saturated heterocycles. The van der Waals surface area contributed by atoms with E-state index in [0.29, 0.717) is 12.6 Å². The quantitative estimate of drug-likeness (QED) is 0.791. The summed E-state index contributed by atoms with van der Waals surface area (Å²) in [7, 11) is 0. The lowest BCUT2D eigenvalue weighted by Gasteiger charge is -2.16. The summed E-state index contributed by atoms with van der Waals surface area (Å²) in [4.78, 5) is 0. The summed E-state index contributed by atoms with van der Waals surface area (Å²) in [5.41, 5.74) is 0.813. The molecule has 94 valence electrons. The van der Waals surface area contributed by atoms with Gasteiger partial charge in [-0.25, -0.2) is 8.78 Å². The lowest BCUT2D eigenvalue weighted by Crippen LogP contribution is -2.27. The van der Waals surface area contributed by atoms with Crippen molar-refractivity contribution >= 4 is 0 Å². The molecule has 17 heavy (non-hydrogen) atoms. The molecule has 2 rings (SSSR count). The van der Waals surface area contributed by atoms with Crippen LogP contribution in [0.3, 0.4) is 0 Å². The van der Waals surface area contributed by atoms with E-state index in [1.54, 1.807) is 6.07 Å². The monoisotopic (exact) mass is 239 g/mol. The van der Waals surface area contributed by atoms with Crippen LogP contribution < -0.4 is 5.32 Å². The molecule has 1 aromatic carbocycles. The molecular weight excluding hydrogens is 220 g/mol. The van der Waals surface area contributed by atoms with Gasteiger partial charge in [0.1, 0.15) is 0 Å². The van der Waals surface area contributed by atoms with Crippen molar-refractivity contribution < 1.29 is 8.78 Å². The SMILES string of the molecule is Fc1ccc(CNC2CCCCCC2)cc1F. The van der Waals surface area contributed by atoms with Gasteiger partial charge in [0, 0.05) is 12.6 Å². The minimum absolute atomic E-state index is 0.533. The number of hydrogen-bond acceptors (Lipinski definition) is 1. The fourth-order valence-electron chi connectivity index (χ4n) is 2.40. The molecule has 1 saturated carbocycles. The summed E-state index contributed by atoms with van der Waals surface area (Å²) in [5.74, 6) is -1.53. The molecule has 0 heterocycles. The second kappa shape index (κ2) is 6.10. The minimum atomic E-state index is -0.775. The van der Waals surface area contributed by atoms with E-state index in [-0.39, 0.29) is 0 Å². The van der Waals surface area contributed by atoms with Crippen LogP contribution in [-0.2, 0) is 6.54 Å². The number of halogens is 2. The average molecular weight is 239 g/mol. The maximum atomic E-state index is 13.0. The second-order valence-corrected chi connectivity index (χ2v) is 4.82. The van der Waals surface area contributed by atoms with Crippen molar-refractivity contribution in [2.75, 3.05) is 0 Å². The Kier molecular flexibility index (Phi) is 4.49. The van der Waals surface area contributed by atoms with E-state index >= 15 is 0 Å². The van der Waals surface area contributed by atoms with Gasteiger partial charge in [0.2, 0.25) is 0 Å². The lowest BCUT2D eigenvalue weighted by atomic mass is 10.1. The number of rotatable bonds is 3. The molecule has 0 aliphatic heterocycles. The van der Waals surface area contributed by atoms with Gasteiger partial charge in [0.25, 0.3) is 0 Å². The predicted molar refractivity (Wildman–Crippen MR) is 64.7 cm³/mol. The third-order valence-electron chi connectivity index (χ3n) is 3.43. The molecular formula is C14H19F2N. The van der Waals surface area contributed by atoms with Crippen LogP contribution in [0.25, 0.3) is 0 Å². The Balaban J connectivity index is 1.85. The number of hydrogen-bond donors (Lipinski definition) is 1. The van der Waals surface area contributed by atoms with Crippen LogP contribution in [0.1, 0.15) is 44.1 Å². The summed E-state index contributed by atoms with van der Waals surface area (Å²) in [6.45, 7) is 0.627. The van der Waals surface area contributed by atoms with Crippen molar-refractivity contribution in [3.8, 4) is 0 Å². The zero-order valence-electron chi connectivity index (χ0n) is 10.0. The third-order valence-corrected chi connectivity index (χ3v) is 3.43. The van der Waals surface area contributed by atoms with Gasteiger partial charge in [-0.15, -0.1) is 0 Å². The van der Waals surface area contributed by atoms with Gasteiger partial charge < -0.3 is 5.32 Å². The van der Waals surface area contributed by atoms with E-state index < -0.39 is 11.6 Å². The van der Waals surface area contributed by atoms with Crippen LogP contribution >= 0.6 is 0 Å². The standard InChI is InChI=1S/C14H19F2N/c15-13-8-7-11(9-14(13)16)10-17-12-5-3-1-2-4-6-12/h7-9,12,17H,1-6,10H2. The van der Waals surface area contributed by atoms with Gasteiger partial charge >= 0.3 is 0 Å². The van der Waals surface area contributed by atoms with Gasteiger partial charge in [-0.2, -0.15) is 0 Å². The lowest BCUT2D eigenvalue weighted by molar-refractivity contribution is 0.456. The first-order chi connectivity index (χ1) is 8.25. The Morgan fingerprint density at radius 2 is 1.71 bits per heavy atom. The van der Waals surface area contributed by atoms with Crippen LogP contribution in [0.2, 0.25) is 0 Å². The first kappa shape index (κ1) is 12.5. The molecule has 0 atom stereocenters. The fourth-order valence-corrected chi connectivity index (χ4v) is 2.40. The average Bonchev–Trinajstić information content (AvgIpc) is 2.59. The van der Waals surface area contributed by atoms with Crippen LogP contribution in [-0.4, -0.2) is 6.04 Å². The van der Waals surface area contributed by atoms with E-state index in [2.05, 4.69) is 5.32 Å². The molecule has 0 unspecified atom stereocenters. The Bertz CT molecular complexity index is 357. The fraction of sp³-hybridized carbons (Fsp3) is 0.571. The topological polar surface area (TPSA) is 12.0 Å². The van der Waals surface area contributed by atoms with Gasteiger partial charge in [0.15, 0.2) is 11.6 Å². The van der Waals surface area contributed by atoms with Crippen LogP contribution in [0.4, 0.5) is 8.78 Å². The first-order valence-corrected chi connectivity index (χ1v) is 6.43. The first-order valence-electron chi connectivity index (χ1n) is 6.43. The van der Waals surface area contributed by atoms with E-state index in [9.17, 15) is 8.78 Å². The Labute approximate surface area is 101 Å². The molecule has 0 aromatic heterocycles. The third kappa shape index (κ3) is 3.77. The predicted octanol–water partition coefficient (Wildman–Crippen LogP) is 3.78. The molecule has 0 bridgehead atoms. The van der Waals surface area contributed by atoms with Gasteiger partial charge in [-0.1, -0.05) is 31.7 Å². The zero-order chi connectivity index (χ0) is 12.1. The number of nitrogens with one attached hydrogen (secondary N) is 1. The summed E-state index contributed by atoms with van der Waals surface area (Å²) < 4.78 is 25.8. The maximum absolute atomic E-state index is 13.0. The molecule has 1 fully saturated rings. The minimum Gasteiger partial charge on any atom is -0.310 e. The molecule has 3 heteroatoms. The molecule has 0 spiro atoms. The van der Waals surface area contributed by atoms with Crippen molar-refractivity contribution in [1.82, 2.24) is 5.32 Å². The largest absolute Gasteiger partial charge is 0.310 e. The van der Waals surface area contributed by atoms with E-state index in [0.717, 1.165) is 5.56 Å². The second-order valence-electron chi connectivity index (χ2n) is 4.82. The van der Waals surface area contributed by atoms with Gasteiger partial charge in [-0.05, 0) is 30.5 Å². The van der Waals surface area contributed by atoms with Crippen molar-refractivity contribution in [2.45, 2.75) is 51.1 Å². The normalized spacial score (nSPS) is 18.0. The van der Waals surface area contributed by atoms with Crippen molar-refractivity contribution in [1.29, 1.82) is 0 Å². The zero-order valence-corrected chi connectivity index (χ0v) is 10.0. The Hall–Kier alpha value is -0.960. The molecule has 1 aromatic rings. The van der Waals surface area contributed by atoms with E-state index in [4.69, 9.17) is 0 Å². The van der Waals surface area contributed by atoms with Crippen LogP contribution in [0.15, 0.2) is 18.2 Å². The summed E-state index contributed by atoms with van der Waals surface area (Å²) in [6.07, 6.45) is 7.59. The Morgan fingerprint density at radius 3 is 2.35 bits per heavy atom. The van der Waals surface area contributed by atoms with Gasteiger partial charge in [-0.3, -0.25) is 0 Å². The highest BCUT2D eigenvalue weighted by Gasteiger charge is 2.11. The smallest absolute Gasteiger partial charge is 0.159 e. The van der Waals surface area contributed by atoms with Gasteiger partial charge in [0.05, 0.1) is 0 Å². The van der Waals surface area contributed by atoms with Crippen molar-refractivity contribution in [2.24, 2.45) is 0 Å². The molecule has 1 nitrogen and oxygen atoms in total. The summed E-state index contributed by atoms with van der Waals surface area (Å²) in [6, 6.07) is 4.64. The highest BCUT2D eigenvalue weighted by atomic mass is 19.2. The van der Waals surface area contributed by atoms with E-state index in [1.165, 1.54) is 50.7 Å².